The number of carbonyl (C=O) groups is 1. The van der Waals surface area contributed by atoms with E-state index < -0.39 is 0 Å². The van der Waals surface area contributed by atoms with Crippen LogP contribution >= 0.6 is 0 Å². The summed E-state index contributed by atoms with van der Waals surface area (Å²) in [6.45, 7) is 5.78. The summed E-state index contributed by atoms with van der Waals surface area (Å²) in [6, 6.07) is 6.88. The monoisotopic (exact) mass is 433 g/mol. The van der Waals surface area contributed by atoms with Gasteiger partial charge < -0.3 is 10.1 Å². The van der Waals surface area contributed by atoms with E-state index >= 15 is 0 Å². The van der Waals surface area contributed by atoms with E-state index in [4.69, 9.17) is 4.74 Å². The van der Waals surface area contributed by atoms with E-state index in [1.165, 1.54) is 0 Å². The molecule has 0 unspecified atom stereocenters. The molecule has 7 nitrogen and oxygen atoms in total. The lowest BCUT2D eigenvalue weighted by atomic mass is 9.84. The van der Waals surface area contributed by atoms with Gasteiger partial charge in [0.05, 0.1) is 19.4 Å². The molecular weight excluding hydrogens is 402 g/mol. The first-order valence-electron chi connectivity index (χ1n) is 11.6. The molecule has 1 aromatic carbocycles. The van der Waals surface area contributed by atoms with E-state index in [1.807, 2.05) is 31.7 Å². The van der Waals surface area contributed by atoms with Crippen LogP contribution in [0.25, 0.3) is 21.9 Å². The maximum absolute atomic E-state index is 12.9. The molecule has 1 saturated heterocycles. The van der Waals surface area contributed by atoms with Gasteiger partial charge in [0.1, 0.15) is 5.82 Å². The highest BCUT2D eigenvalue weighted by Gasteiger charge is 2.30. The van der Waals surface area contributed by atoms with Crippen molar-refractivity contribution in [2.45, 2.75) is 38.6 Å². The predicted octanol–water partition coefficient (Wildman–Crippen LogP) is 3.77. The number of rotatable bonds is 4. The van der Waals surface area contributed by atoms with Crippen LogP contribution < -0.4 is 5.32 Å². The molecule has 0 atom stereocenters. The fourth-order valence-corrected chi connectivity index (χ4v) is 5.12. The average Bonchev–Trinajstić information content (AvgIpc) is 3.26. The number of aromatic nitrogens is 3. The summed E-state index contributed by atoms with van der Waals surface area (Å²) in [7, 11) is 1.92. The van der Waals surface area contributed by atoms with Crippen LogP contribution in [-0.4, -0.2) is 57.9 Å². The first-order valence-corrected chi connectivity index (χ1v) is 11.6. The number of hydrogen-bond donors (Lipinski definition) is 1. The minimum Gasteiger partial charge on any atom is -0.379 e. The summed E-state index contributed by atoms with van der Waals surface area (Å²) in [4.78, 5) is 20.0. The Balaban J connectivity index is 1.27. The lowest BCUT2D eigenvalue weighted by molar-refractivity contribution is -0.121. The number of benzene rings is 1. The Morgan fingerprint density at radius 2 is 1.84 bits per heavy atom. The van der Waals surface area contributed by atoms with Crippen LogP contribution in [0.3, 0.4) is 0 Å². The maximum Gasteiger partial charge on any atom is 0.228 e. The molecule has 1 aliphatic heterocycles. The van der Waals surface area contributed by atoms with E-state index in [-0.39, 0.29) is 11.8 Å². The van der Waals surface area contributed by atoms with Crippen molar-refractivity contribution in [1.29, 1.82) is 0 Å². The van der Waals surface area contributed by atoms with Crippen molar-refractivity contribution in [3.63, 3.8) is 0 Å². The highest BCUT2D eigenvalue weighted by Crippen LogP contribution is 2.31. The molecule has 2 aliphatic rings. The summed E-state index contributed by atoms with van der Waals surface area (Å²) in [5.41, 5.74) is 3.36. The Kier molecular flexibility index (Phi) is 5.93. The number of aryl methyl sites for hydroxylation is 2. The topological polar surface area (TPSA) is 72.3 Å². The first kappa shape index (κ1) is 21.1. The third kappa shape index (κ3) is 4.40. The summed E-state index contributed by atoms with van der Waals surface area (Å²) < 4.78 is 7.28. The molecule has 0 bridgehead atoms. The fraction of sp³-hybridized carbons (Fsp3) is 0.480. The molecule has 1 saturated carbocycles. The second-order valence-electron chi connectivity index (χ2n) is 9.13. The van der Waals surface area contributed by atoms with Crippen LogP contribution in [0.2, 0.25) is 0 Å². The Hall–Kier alpha value is -2.77. The van der Waals surface area contributed by atoms with Gasteiger partial charge in [-0.3, -0.25) is 14.4 Å². The zero-order chi connectivity index (χ0) is 22.1. The van der Waals surface area contributed by atoms with Gasteiger partial charge in [0, 0.05) is 55.4 Å². The zero-order valence-electron chi connectivity index (χ0n) is 18.9. The van der Waals surface area contributed by atoms with Gasteiger partial charge in [0.15, 0.2) is 0 Å². The zero-order valence-corrected chi connectivity index (χ0v) is 18.9. The number of nitrogens with one attached hydrogen (secondary N) is 1. The fourth-order valence-electron chi connectivity index (χ4n) is 5.12. The molecule has 0 spiro atoms. The lowest BCUT2D eigenvalue weighted by Crippen LogP contribution is -2.45. The van der Waals surface area contributed by atoms with Gasteiger partial charge in [0.2, 0.25) is 5.91 Å². The number of anilines is 1. The number of nitrogens with zero attached hydrogens (tertiary/aromatic N) is 4. The minimum absolute atomic E-state index is 0.0632. The number of carbonyl (C=O) groups excluding carboxylic acids is 1. The van der Waals surface area contributed by atoms with E-state index in [9.17, 15) is 4.79 Å². The normalized spacial score (nSPS) is 22.2. The Morgan fingerprint density at radius 3 is 2.56 bits per heavy atom. The molecule has 168 valence electrons. The van der Waals surface area contributed by atoms with Crippen LogP contribution in [0, 0.1) is 12.8 Å². The van der Waals surface area contributed by atoms with Crippen LogP contribution in [0.1, 0.15) is 31.2 Å². The van der Waals surface area contributed by atoms with Gasteiger partial charge in [-0.25, -0.2) is 4.98 Å². The first-order chi connectivity index (χ1) is 15.6. The van der Waals surface area contributed by atoms with Crippen molar-refractivity contribution in [2.24, 2.45) is 13.0 Å². The third-order valence-electron chi connectivity index (χ3n) is 6.96. The molecule has 32 heavy (non-hydrogen) atoms. The molecule has 1 N–H and O–H groups in total. The van der Waals surface area contributed by atoms with Crippen LogP contribution in [0.4, 0.5) is 5.82 Å². The van der Waals surface area contributed by atoms with Gasteiger partial charge in [-0.05, 0) is 61.3 Å². The summed E-state index contributed by atoms with van der Waals surface area (Å²) in [5, 5.41) is 9.54. The molecule has 1 amide bonds. The van der Waals surface area contributed by atoms with Crippen molar-refractivity contribution in [2.75, 3.05) is 31.6 Å². The maximum atomic E-state index is 12.9. The van der Waals surface area contributed by atoms with E-state index in [0.717, 1.165) is 79.4 Å². The summed E-state index contributed by atoms with van der Waals surface area (Å²) >= 11 is 0. The average molecular weight is 434 g/mol. The van der Waals surface area contributed by atoms with Crippen LogP contribution in [-0.2, 0) is 16.6 Å². The van der Waals surface area contributed by atoms with Gasteiger partial charge in [-0.15, -0.1) is 0 Å². The predicted molar refractivity (Wildman–Crippen MR) is 125 cm³/mol. The van der Waals surface area contributed by atoms with Gasteiger partial charge >= 0.3 is 0 Å². The number of pyridine rings is 1. The molecule has 0 radical (unpaired) electrons. The molecule has 5 rings (SSSR count). The molecule has 1 aliphatic carbocycles. The van der Waals surface area contributed by atoms with Crippen molar-refractivity contribution in [3.05, 3.63) is 42.4 Å². The quantitative estimate of drug-likeness (QED) is 0.678. The SMILES string of the molecule is Cc1cc(-c2cnn(C)c2)cc2cc(NC(=O)C3CCC(N4CCOCC4)CC3)ncc12. The number of hydrogen-bond acceptors (Lipinski definition) is 5. The Morgan fingerprint density at radius 1 is 1.06 bits per heavy atom. The smallest absolute Gasteiger partial charge is 0.228 e. The highest BCUT2D eigenvalue weighted by atomic mass is 16.5. The number of ether oxygens (including phenoxy) is 1. The van der Waals surface area contributed by atoms with Crippen molar-refractivity contribution >= 4 is 22.5 Å². The molecular formula is C25H31N5O2. The van der Waals surface area contributed by atoms with E-state index in [2.05, 4.69) is 39.4 Å². The third-order valence-corrected chi connectivity index (χ3v) is 6.96. The van der Waals surface area contributed by atoms with Crippen molar-refractivity contribution in [3.8, 4) is 11.1 Å². The van der Waals surface area contributed by atoms with Gasteiger partial charge in [-0.1, -0.05) is 6.07 Å². The van der Waals surface area contributed by atoms with Crippen LogP contribution in [0.5, 0.6) is 0 Å². The highest BCUT2D eigenvalue weighted by molar-refractivity contribution is 5.96. The van der Waals surface area contributed by atoms with Crippen molar-refractivity contribution < 1.29 is 9.53 Å². The van der Waals surface area contributed by atoms with E-state index in [1.54, 1.807) is 4.68 Å². The molecule has 2 fully saturated rings. The standard InChI is InChI=1S/C25H31N5O2/c1-17-11-19(21-14-27-29(2)16-21)12-20-13-24(26-15-23(17)20)28-25(31)18-3-5-22(6-4-18)30-7-9-32-10-8-30/h11-16,18,22H,3-10H2,1-2H3,(H,26,28,31). The molecule has 7 heteroatoms. The largest absolute Gasteiger partial charge is 0.379 e. The minimum atomic E-state index is 0.0632. The van der Waals surface area contributed by atoms with Gasteiger partial charge in [-0.2, -0.15) is 5.10 Å². The lowest BCUT2D eigenvalue weighted by Gasteiger charge is -2.38. The van der Waals surface area contributed by atoms with Gasteiger partial charge in [0.25, 0.3) is 0 Å². The second-order valence-corrected chi connectivity index (χ2v) is 9.13. The summed E-state index contributed by atoms with van der Waals surface area (Å²) in [6.07, 6.45) is 9.78. The van der Waals surface area contributed by atoms with Crippen LogP contribution in [0.15, 0.2) is 36.8 Å². The second kappa shape index (κ2) is 9.00. The Labute approximate surface area is 188 Å². The molecule has 2 aromatic heterocycles. The van der Waals surface area contributed by atoms with Crippen molar-refractivity contribution in [1.82, 2.24) is 19.7 Å². The number of amides is 1. The van der Waals surface area contributed by atoms with E-state index in [0.29, 0.717) is 11.9 Å². The number of morpholine rings is 1. The Bertz CT molecular complexity index is 1110. The molecule has 3 heterocycles. The molecule has 3 aromatic rings. The summed E-state index contributed by atoms with van der Waals surface area (Å²) in [5.74, 6) is 0.784. The number of fused-ring (bicyclic) bond motifs is 1.